The summed E-state index contributed by atoms with van der Waals surface area (Å²) in [7, 11) is 1.92. The summed E-state index contributed by atoms with van der Waals surface area (Å²) in [5, 5.41) is 13.5. The Balaban J connectivity index is 1.33. The van der Waals surface area contributed by atoms with E-state index in [0.717, 1.165) is 55.5 Å². The summed E-state index contributed by atoms with van der Waals surface area (Å²) in [5.41, 5.74) is 0. The van der Waals surface area contributed by atoms with Crippen LogP contribution < -0.4 is 21.3 Å². The second-order valence-corrected chi connectivity index (χ2v) is 13.3. The highest BCUT2D eigenvalue weighted by atomic mass is 16.2. The molecule has 2 amide bonds. The van der Waals surface area contributed by atoms with Gasteiger partial charge >= 0.3 is 0 Å². The third kappa shape index (κ3) is 5.82. The zero-order valence-electron chi connectivity index (χ0n) is 25.2. The Labute approximate surface area is 233 Å². The van der Waals surface area contributed by atoms with Gasteiger partial charge in [0.15, 0.2) is 0 Å². The highest BCUT2D eigenvalue weighted by Gasteiger charge is 2.55. The third-order valence-corrected chi connectivity index (χ3v) is 11.9. The number of likely N-dealkylation sites (N-methyl/N-ethyl adjacent to an activating group) is 1. The fourth-order valence-corrected chi connectivity index (χ4v) is 10.0. The third-order valence-electron chi connectivity index (χ3n) is 11.9. The van der Waals surface area contributed by atoms with Crippen LogP contribution in [0.3, 0.4) is 0 Å². The van der Waals surface area contributed by atoms with Crippen molar-refractivity contribution in [2.24, 2.45) is 65.1 Å². The van der Waals surface area contributed by atoms with Gasteiger partial charge in [-0.1, -0.05) is 60.3 Å². The molecule has 38 heavy (non-hydrogen) atoms. The molecule has 0 aromatic heterocycles. The van der Waals surface area contributed by atoms with Gasteiger partial charge in [-0.25, -0.2) is 0 Å². The van der Waals surface area contributed by atoms with E-state index < -0.39 is 0 Å². The first-order chi connectivity index (χ1) is 18.4. The van der Waals surface area contributed by atoms with Crippen molar-refractivity contribution in [3.63, 3.8) is 0 Å². The molecular formula is C32H58N4O2. The lowest BCUT2D eigenvalue weighted by molar-refractivity contribution is -0.127. The maximum absolute atomic E-state index is 13.3. The lowest BCUT2D eigenvalue weighted by atomic mass is 9.81. The van der Waals surface area contributed by atoms with E-state index in [1.165, 1.54) is 38.5 Å². The van der Waals surface area contributed by atoms with E-state index in [-0.39, 0.29) is 29.7 Å². The Morgan fingerprint density at radius 3 is 1.71 bits per heavy atom. The minimum atomic E-state index is 0.0344. The van der Waals surface area contributed by atoms with Crippen LogP contribution in [0.4, 0.5) is 0 Å². The standard InChI is InChI=1S/C32H58N4O2/c1-7-20-15-22(9-3)28-19(5)24(17-25(20)28)31(37)36-14-13-34-30-27(32(38)35-12-11-33-6)18-26-21(8-2)16-23(10-4)29(26)30/h19-30,33-34H,7-18H2,1-6H3,(H,35,38)(H,36,37). The molecule has 12 unspecified atom stereocenters. The van der Waals surface area contributed by atoms with Crippen LogP contribution in [-0.2, 0) is 9.59 Å². The number of fused-ring (bicyclic) bond motifs is 2. The number of hydrogen-bond donors (Lipinski definition) is 4. The highest BCUT2D eigenvalue weighted by Crippen LogP contribution is 2.58. The molecule has 4 aliphatic carbocycles. The summed E-state index contributed by atoms with van der Waals surface area (Å²) in [5.74, 6) is 6.92. The minimum absolute atomic E-state index is 0.0344. The lowest BCUT2D eigenvalue weighted by Gasteiger charge is -2.29. The van der Waals surface area contributed by atoms with E-state index in [4.69, 9.17) is 0 Å². The maximum atomic E-state index is 13.3. The van der Waals surface area contributed by atoms with Crippen molar-refractivity contribution in [1.29, 1.82) is 0 Å². The highest BCUT2D eigenvalue weighted by molar-refractivity contribution is 5.80. The number of hydrogen-bond acceptors (Lipinski definition) is 4. The van der Waals surface area contributed by atoms with Gasteiger partial charge in [0.2, 0.25) is 11.8 Å². The molecule has 12 atom stereocenters. The Hall–Kier alpha value is -1.14. The SMILES string of the molecule is CCC1CC(CC)C2C(C)C(C(=O)NCCNC3C(C(=O)NCCNC)CC4C(CC)CC(CC)C43)CC12. The summed E-state index contributed by atoms with van der Waals surface area (Å²) in [6.45, 7) is 14.5. The Bertz CT molecular complexity index is 789. The molecule has 4 rings (SSSR count). The van der Waals surface area contributed by atoms with Gasteiger partial charge in [-0.15, -0.1) is 0 Å². The van der Waals surface area contributed by atoms with Crippen LogP contribution in [0.25, 0.3) is 0 Å². The van der Waals surface area contributed by atoms with Gasteiger partial charge in [0.05, 0.1) is 5.92 Å². The summed E-state index contributed by atoms with van der Waals surface area (Å²) in [4.78, 5) is 26.6. The quantitative estimate of drug-likeness (QED) is 0.265. The van der Waals surface area contributed by atoms with Gasteiger partial charge in [0.1, 0.15) is 0 Å². The second-order valence-electron chi connectivity index (χ2n) is 13.3. The van der Waals surface area contributed by atoms with Crippen molar-refractivity contribution in [3.05, 3.63) is 0 Å². The van der Waals surface area contributed by atoms with E-state index >= 15 is 0 Å². The second kappa shape index (κ2) is 13.5. The molecule has 0 aromatic rings. The van der Waals surface area contributed by atoms with Gasteiger partial charge in [0.25, 0.3) is 0 Å². The first-order valence-corrected chi connectivity index (χ1v) is 16.3. The summed E-state index contributed by atoms with van der Waals surface area (Å²) >= 11 is 0. The summed E-state index contributed by atoms with van der Waals surface area (Å²) in [6.07, 6.45) is 9.69. The van der Waals surface area contributed by atoms with Crippen molar-refractivity contribution < 1.29 is 9.59 Å². The average molecular weight is 531 g/mol. The Morgan fingerprint density at radius 1 is 0.632 bits per heavy atom. The maximum Gasteiger partial charge on any atom is 0.224 e. The summed E-state index contributed by atoms with van der Waals surface area (Å²) in [6, 6.07) is 0.216. The van der Waals surface area contributed by atoms with Crippen LogP contribution in [0.15, 0.2) is 0 Å². The number of carbonyl (C=O) groups excluding carboxylic acids is 2. The zero-order valence-corrected chi connectivity index (χ0v) is 25.2. The molecule has 0 saturated heterocycles. The smallest absolute Gasteiger partial charge is 0.224 e. The van der Waals surface area contributed by atoms with E-state index in [1.54, 1.807) is 0 Å². The van der Waals surface area contributed by atoms with Gasteiger partial charge in [-0.05, 0) is 86.0 Å². The van der Waals surface area contributed by atoms with E-state index in [2.05, 4.69) is 55.9 Å². The molecule has 0 spiro atoms. The van der Waals surface area contributed by atoms with Gasteiger partial charge in [-0.3, -0.25) is 9.59 Å². The number of rotatable bonds is 13. The average Bonchev–Trinajstić information content (AvgIpc) is 3.66. The Kier molecular flexibility index (Phi) is 10.6. The van der Waals surface area contributed by atoms with E-state index in [0.29, 0.717) is 36.8 Å². The molecule has 4 fully saturated rings. The van der Waals surface area contributed by atoms with Crippen LogP contribution in [0.5, 0.6) is 0 Å². The van der Waals surface area contributed by atoms with Crippen LogP contribution in [0.1, 0.15) is 86.0 Å². The van der Waals surface area contributed by atoms with Crippen molar-refractivity contribution in [2.75, 3.05) is 33.2 Å². The van der Waals surface area contributed by atoms with Gasteiger partial charge < -0.3 is 21.3 Å². The topological polar surface area (TPSA) is 82.3 Å². The summed E-state index contributed by atoms with van der Waals surface area (Å²) < 4.78 is 0. The van der Waals surface area contributed by atoms with Crippen LogP contribution >= 0.6 is 0 Å². The van der Waals surface area contributed by atoms with E-state index in [1.807, 2.05) is 7.05 Å². The van der Waals surface area contributed by atoms with Crippen molar-refractivity contribution in [1.82, 2.24) is 21.3 Å². The number of nitrogens with one attached hydrogen (secondary N) is 4. The molecule has 4 N–H and O–H groups in total. The molecule has 6 nitrogen and oxygen atoms in total. The van der Waals surface area contributed by atoms with Crippen LogP contribution in [-0.4, -0.2) is 51.1 Å². The van der Waals surface area contributed by atoms with Crippen molar-refractivity contribution >= 4 is 11.8 Å². The number of carbonyl (C=O) groups is 2. The van der Waals surface area contributed by atoms with Crippen molar-refractivity contribution in [2.45, 2.75) is 92.0 Å². The predicted octanol–water partition coefficient (Wildman–Crippen LogP) is 4.45. The normalized spacial score (nSPS) is 41.7. The molecule has 0 bridgehead atoms. The van der Waals surface area contributed by atoms with Crippen LogP contribution in [0, 0.1) is 65.1 Å². The first-order valence-electron chi connectivity index (χ1n) is 16.3. The van der Waals surface area contributed by atoms with Crippen LogP contribution in [0.2, 0.25) is 0 Å². The predicted molar refractivity (Wildman–Crippen MR) is 155 cm³/mol. The van der Waals surface area contributed by atoms with E-state index in [9.17, 15) is 9.59 Å². The largest absolute Gasteiger partial charge is 0.355 e. The molecular weight excluding hydrogens is 472 g/mol. The lowest BCUT2D eigenvalue weighted by Crippen LogP contribution is -2.48. The fourth-order valence-electron chi connectivity index (χ4n) is 10.0. The molecule has 4 aliphatic rings. The molecule has 0 aromatic carbocycles. The molecule has 0 aliphatic heterocycles. The fraction of sp³-hybridized carbons (Fsp3) is 0.938. The molecule has 6 heteroatoms. The molecule has 4 saturated carbocycles. The number of amides is 2. The molecule has 218 valence electrons. The monoisotopic (exact) mass is 530 g/mol. The zero-order chi connectivity index (χ0) is 27.4. The minimum Gasteiger partial charge on any atom is -0.355 e. The first kappa shape index (κ1) is 29.8. The van der Waals surface area contributed by atoms with Gasteiger partial charge in [-0.2, -0.15) is 0 Å². The Morgan fingerprint density at radius 2 is 1.13 bits per heavy atom. The van der Waals surface area contributed by atoms with Crippen molar-refractivity contribution in [3.8, 4) is 0 Å². The molecule has 0 heterocycles. The van der Waals surface area contributed by atoms with Gasteiger partial charge in [0, 0.05) is 38.1 Å². The molecule has 0 radical (unpaired) electrons.